The van der Waals surface area contributed by atoms with Gasteiger partial charge < -0.3 is 5.73 Å². The summed E-state index contributed by atoms with van der Waals surface area (Å²) in [6, 6.07) is 4.77. The predicted octanol–water partition coefficient (Wildman–Crippen LogP) is 2.02. The Balaban J connectivity index is 2.11. The van der Waals surface area contributed by atoms with Gasteiger partial charge in [0.15, 0.2) is 0 Å². The molecule has 0 saturated carbocycles. The highest BCUT2D eigenvalue weighted by molar-refractivity contribution is 9.10. The molecule has 0 aliphatic rings. The van der Waals surface area contributed by atoms with Crippen LogP contribution in [0.15, 0.2) is 39.1 Å². The van der Waals surface area contributed by atoms with Gasteiger partial charge in [-0.25, -0.2) is 13.1 Å². The Bertz CT molecular complexity index is 726. The van der Waals surface area contributed by atoms with Crippen LogP contribution in [0.4, 0.5) is 0 Å². The van der Waals surface area contributed by atoms with Gasteiger partial charge in [-0.1, -0.05) is 12.2 Å². The van der Waals surface area contributed by atoms with Crippen LogP contribution in [0.3, 0.4) is 0 Å². The van der Waals surface area contributed by atoms with Crippen molar-refractivity contribution in [3.63, 3.8) is 0 Å². The van der Waals surface area contributed by atoms with E-state index in [1.54, 1.807) is 0 Å². The molecule has 0 unspecified atom stereocenters. The van der Waals surface area contributed by atoms with E-state index >= 15 is 0 Å². The fraction of sp³-hybridized carbons (Fsp3) is 0.0909. The Morgan fingerprint density at radius 3 is 2.75 bits per heavy atom. The van der Waals surface area contributed by atoms with Crippen molar-refractivity contribution in [2.75, 3.05) is 0 Å². The molecule has 2 aromatic heterocycles. The number of nitrogens with one attached hydrogen (secondary N) is 1. The first-order chi connectivity index (χ1) is 9.38. The number of sulfonamides is 1. The molecule has 0 amide bonds. The molecule has 20 heavy (non-hydrogen) atoms. The van der Waals surface area contributed by atoms with Crippen molar-refractivity contribution < 1.29 is 8.42 Å². The minimum atomic E-state index is -3.60. The van der Waals surface area contributed by atoms with Crippen molar-refractivity contribution in [1.82, 2.24) is 9.71 Å². The maximum absolute atomic E-state index is 12.1. The number of nitrogens with two attached hydrogens (primary N) is 1. The Hall–Kier alpha value is -0.870. The second-order valence-corrected chi connectivity index (χ2v) is 7.92. The van der Waals surface area contributed by atoms with Gasteiger partial charge in [-0.2, -0.15) is 0 Å². The van der Waals surface area contributed by atoms with Crippen molar-refractivity contribution in [2.24, 2.45) is 5.73 Å². The Morgan fingerprint density at radius 1 is 1.50 bits per heavy atom. The summed E-state index contributed by atoms with van der Waals surface area (Å²) in [6.07, 6.45) is 1.24. The maximum atomic E-state index is 12.1. The van der Waals surface area contributed by atoms with Crippen LogP contribution in [-0.4, -0.2) is 18.4 Å². The van der Waals surface area contributed by atoms with Crippen molar-refractivity contribution in [3.05, 3.63) is 44.8 Å². The maximum Gasteiger partial charge on any atom is 0.242 e. The molecule has 0 atom stereocenters. The highest BCUT2D eigenvalue weighted by Crippen LogP contribution is 2.20. The number of pyridine rings is 1. The molecule has 0 bridgehead atoms. The molecule has 2 aromatic rings. The van der Waals surface area contributed by atoms with E-state index < -0.39 is 10.0 Å². The minimum absolute atomic E-state index is 0.0770. The van der Waals surface area contributed by atoms with Gasteiger partial charge in [0.2, 0.25) is 10.0 Å². The van der Waals surface area contributed by atoms with E-state index in [0.717, 1.165) is 9.35 Å². The first kappa shape index (κ1) is 15.5. The van der Waals surface area contributed by atoms with Crippen LogP contribution in [0, 0.1) is 0 Å². The van der Waals surface area contributed by atoms with Gasteiger partial charge in [0.25, 0.3) is 0 Å². The summed E-state index contributed by atoms with van der Waals surface area (Å²) >= 11 is 9.55. The van der Waals surface area contributed by atoms with Gasteiger partial charge in [-0.05, 0) is 34.1 Å². The van der Waals surface area contributed by atoms with E-state index in [2.05, 4.69) is 25.6 Å². The zero-order chi connectivity index (χ0) is 14.8. The van der Waals surface area contributed by atoms with Gasteiger partial charge in [-0.3, -0.25) is 4.98 Å². The number of hydrogen-bond donors (Lipinski definition) is 2. The fourth-order valence-corrected chi connectivity index (χ4v) is 3.93. The number of nitrogens with zero attached hydrogens (tertiary/aromatic N) is 1. The highest BCUT2D eigenvalue weighted by atomic mass is 79.9. The second kappa shape index (κ2) is 6.27. The van der Waals surface area contributed by atoms with E-state index in [1.165, 1.54) is 29.7 Å². The third kappa shape index (κ3) is 3.83. The normalized spacial score (nSPS) is 11.4. The summed E-state index contributed by atoms with van der Waals surface area (Å²) in [6.45, 7) is 0.232. The quantitative estimate of drug-likeness (QED) is 0.761. The van der Waals surface area contributed by atoms with Crippen LogP contribution in [0.25, 0.3) is 0 Å². The Kier molecular flexibility index (Phi) is 4.86. The number of hydrogen-bond acceptors (Lipinski definition) is 5. The molecule has 106 valence electrons. The van der Waals surface area contributed by atoms with Crippen LogP contribution in [-0.2, 0) is 16.6 Å². The third-order valence-corrected chi connectivity index (χ3v) is 5.65. The molecule has 0 saturated heterocycles. The van der Waals surface area contributed by atoms with E-state index in [4.69, 9.17) is 18.0 Å². The first-order valence-corrected chi connectivity index (χ1v) is 8.93. The Labute approximate surface area is 134 Å². The van der Waals surface area contributed by atoms with Gasteiger partial charge in [0.1, 0.15) is 9.88 Å². The lowest BCUT2D eigenvalue weighted by molar-refractivity contribution is 0.581. The van der Waals surface area contributed by atoms with Crippen LogP contribution in [0.5, 0.6) is 0 Å². The fourth-order valence-electron chi connectivity index (χ4n) is 1.38. The molecule has 0 fully saturated rings. The Morgan fingerprint density at radius 2 is 2.25 bits per heavy atom. The molecule has 3 N–H and O–H groups in total. The largest absolute Gasteiger partial charge is 0.388 e. The summed E-state index contributed by atoms with van der Waals surface area (Å²) < 4.78 is 27.6. The summed E-state index contributed by atoms with van der Waals surface area (Å²) in [7, 11) is -3.60. The molecule has 0 radical (unpaired) electrons. The monoisotopic (exact) mass is 391 g/mol. The summed E-state index contributed by atoms with van der Waals surface area (Å²) in [5.74, 6) is 0. The SMILES string of the molecule is NC(=S)c1ccc(S(=O)(=O)NCc2cc(Br)cs2)cn1. The van der Waals surface area contributed by atoms with Crippen molar-refractivity contribution in [2.45, 2.75) is 11.4 Å². The van der Waals surface area contributed by atoms with Crippen molar-refractivity contribution in [1.29, 1.82) is 0 Å². The molecular weight excluding hydrogens is 382 g/mol. The molecule has 0 aromatic carbocycles. The smallest absolute Gasteiger partial charge is 0.242 e. The van der Waals surface area contributed by atoms with Crippen molar-refractivity contribution >= 4 is 54.5 Å². The minimum Gasteiger partial charge on any atom is -0.388 e. The van der Waals surface area contributed by atoms with E-state index in [-0.39, 0.29) is 16.4 Å². The summed E-state index contributed by atoms with van der Waals surface area (Å²) in [5, 5.41) is 1.89. The molecule has 5 nitrogen and oxygen atoms in total. The molecule has 0 aliphatic heterocycles. The van der Waals surface area contributed by atoms with E-state index in [1.807, 2.05) is 11.4 Å². The topological polar surface area (TPSA) is 85.1 Å². The average Bonchev–Trinajstić information content (AvgIpc) is 2.82. The van der Waals surface area contributed by atoms with Gasteiger partial charge in [0, 0.05) is 27.5 Å². The first-order valence-electron chi connectivity index (χ1n) is 5.37. The number of aromatic nitrogens is 1. The second-order valence-electron chi connectivity index (χ2n) is 3.80. The summed E-state index contributed by atoms with van der Waals surface area (Å²) in [5.41, 5.74) is 5.80. The van der Waals surface area contributed by atoms with E-state index in [0.29, 0.717) is 5.69 Å². The molecular formula is C11H10BrN3O2S3. The molecule has 0 spiro atoms. The van der Waals surface area contributed by atoms with Crippen molar-refractivity contribution in [3.8, 4) is 0 Å². The lowest BCUT2D eigenvalue weighted by Crippen LogP contribution is -2.23. The molecule has 2 rings (SSSR count). The predicted molar refractivity (Wildman–Crippen MR) is 86.2 cm³/mol. The van der Waals surface area contributed by atoms with Crippen LogP contribution in [0.2, 0.25) is 0 Å². The van der Waals surface area contributed by atoms with Gasteiger partial charge in [-0.15, -0.1) is 11.3 Å². The average molecular weight is 392 g/mol. The number of thiocarbonyl (C=S) groups is 1. The zero-order valence-electron chi connectivity index (χ0n) is 10.0. The zero-order valence-corrected chi connectivity index (χ0v) is 14.1. The number of thiophene rings is 1. The third-order valence-electron chi connectivity index (χ3n) is 2.36. The lowest BCUT2D eigenvalue weighted by atomic mass is 10.3. The van der Waals surface area contributed by atoms with Crippen LogP contribution < -0.4 is 10.5 Å². The van der Waals surface area contributed by atoms with Crippen LogP contribution in [0.1, 0.15) is 10.6 Å². The highest BCUT2D eigenvalue weighted by Gasteiger charge is 2.15. The standard InChI is InChI=1S/C11H10BrN3O2S3/c12-7-3-8(19-6-7)4-15-20(16,17)9-1-2-10(11(13)18)14-5-9/h1-3,5-6,15H,4H2,(H2,13,18). The summed E-state index contributed by atoms with van der Waals surface area (Å²) in [4.78, 5) is 5.03. The molecule has 0 aliphatic carbocycles. The van der Waals surface area contributed by atoms with E-state index in [9.17, 15) is 8.42 Å². The van der Waals surface area contributed by atoms with Gasteiger partial charge >= 0.3 is 0 Å². The molecule has 9 heteroatoms. The number of halogens is 1. The van der Waals surface area contributed by atoms with Crippen LogP contribution >= 0.6 is 39.5 Å². The lowest BCUT2D eigenvalue weighted by Gasteiger charge is -2.06. The van der Waals surface area contributed by atoms with Gasteiger partial charge in [0.05, 0.1) is 5.69 Å². The molecule has 2 heterocycles. The number of rotatable bonds is 5.